The van der Waals surface area contributed by atoms with Gasteiger partial charge in [0, 0.05) is 29.6 Å². The van der Waals surface area contributed by atoms with Gasteiger partial charge in [-0.25, -0.2) is 0 Å². The first-order valence-corrected chi connectivity index (χ1v) is 6.76. The number of hydrogen-bond donors (Lipinski definition) is 0. The highest BCUT2D eigenvalue weighted by Crippen LogP contribution is 2.32. The van der Waals surface area contributed by atoms with E-state index in [4.69, 9.17) is 11.6 Å². The lowest BCUT2D eigenvalue weighted by Crippen LogP contribution is -2.19. The van der Waals surface area contributed by atoms with Crippen LogP contribution in [0.1, 0.15) is 18.4 Å². The molecule has 0 atom stereocenters. The molecule has 1 nitrogen and oxygen atoms in total. The van der Waals surface area contributed by atoms with Crippen LogP contribution in [-0.2, 0) is 5.33 Å². The summed E-state index contributed by atoms with van der Waals surface area (Å²) in [7, 11) is 2.14. The molecule has 1 fully saturated rings. The second kappa shape index (κ2) is 4.75. The van der Waals surface area contributed by atoms with Crippen LogP contribution in [0, 0.1) is 5.92 Å². The lowest BCUT2D eigenvalue weighted by molar-refractivity contribution is 0.787. The Morgan fingerprint density at radius 2 is 2.20 bits per heavy atom. The second-order valence-electron chi connectivity index (χ2n) is 4.23. The summed E-state index contributed by atoms with van der Waals surface area (Å²) < 4.78 is 0. The summed E-state index contributed by atoms with van der Waals surface area (Å²) in [6, 6.07) is 6.29. The van der Waals surface area contributed by atoms with E-state index < -0.39 is 0 Å². The summed E-state index contributed by atoms with van der Waals surface area (Å²) in [5, 5.41) is 1.67. The van der Waals surface area contributed by atoms with E-state index in [1.54, 1.807) is 0 Å². The maximum absolute atomic E-state index is 6.17. The van der Waals surface area contributed by atoms with Crippen LogP contribution in [0.2, 0.25) is 5.02 Å². The molecule has 1 saturated carbocycles. The first-order chi connectivity index (χ1) is 7.20. The summed E-state index contributed by atoms with van der Waals surface area (Å²) in [5.74, 6) is 0.907. The van der Waals surface area contributed by atoms with E-state index in [0.29, 0.717) is 0 Å². The number of alkyl halides is 1. The van der Waals surface area contributed by atoms with Gasteiger partial charge < -0.3 is 4.90 Å². The number of benzene rings is 1. The van der Waals surface area contributed by atoms with Crippen molar-refractivity contribution in [2.75, 3.05) is 18.5 Å². The monoisotopic (exact) mass is 287 g/mol. The third-order valence-corrected chi connectivity index (χ3v) is 3.81. The third kappa shape index (κ3) is 2.88. The average molecular weight is 289 g/mol. The molecule has 0 radical (unpaired) electrons. The van der Waals surface area contributed by atoms with Crippen LogP contribution >= 0.6 is 27.5 Å². The minimum absolute atomic E-state index is 0.818. The maximum atomic E-state index is 6.17. The lowest BCUT2D eigenvalue weighted by Gasteiger charge is -2.19. The maximum Gasteiger partial charge on any atom is 0.0467 e. The molecule has 0 bridgehead atoms. The van der Waals surface area contributed by atoms with Crippen molar-refractivity contribution in [2.45, 2.75) is 18.2 Å². The number of anilines is 1. The zero-order valence-corrected chi connectivity index (χ0v) is 11.2. The van der Waals surface area contributed by atoms with Crippen molar-refractivity contribution >= 4 is 33.2 Å². The van der Waals surface area contributed by atoms with Gasteiger partial charge in [0.05, 0.1) is 0 Å². The van der Waals surface area contributed by atoms with Crippen molar-refractivity contribution in [2.24, 2.45) is 5.92 Å². The van der Waals surface area contributed by atoms with Crippen LogP contribution in [0.4, 0.5) is 5.69 Å². The number of hydrogen-bond acceptors (Lipinski definition) is 1. The molecule has 0 amide bonds. The van der Waals surface area contributed by atoms with Crippen LogP contribution in [-0.4, -0.2) is 13.6 Å². The Bertz CT molecular complexity index is 349. The smallest absolute Gasteiger partial charge is 0.0467 e. The molecule has 2 rings (SSSR count). The zero-order valence-electron chi connectivity index (χ0n) is 8.84. The molecule has 1 aromatic carbocycles. The summed E-state index contributed by atoms with van der Waals surface area (Å²) in [4.78, 5) is 2.29. The van der Waals surface area contributed by atoms with Gasteiger partial charge in [-0.15, -0.1) is 0 Å². The largest absolute Gasteiger partial charge is 0.374 e. The molecule has 82 valence electrons. The topological polar surface area (TPSA) is 3.24 Å². The first-order valence-electron chi connectivity index (χ1n) is 5.26. The number of rotatable bonds is 4. The van der Waals surface area contributed by atoms with E-state index in [9.17, 15) is 0 Å². The molecule has 1 aliphatic rings. The molecule has 0 N–H and O–H groups in total. The summed E-state index contributed by atoms with van der Waals surface area (Å²) in [6.07, 6.45) is 2.77. The molecule has 1 aromatic rings. The van der Waals surface area contributed by atoms with Crippen molar-refractivity contribution in [3.05, 3.63) is 28.8 Å². The van der Waals surface area contributed by atoms with Gasteiger partial charge in [0.1, 0.15) is 0 Å². The fourth-order valence-corrected chi connectivity index (χ4v) is 2.57. The molecular weight excluding hydrogens is 273 g/mol. The molecule has 0 aliphatic heterocycles. The molecule has 0 spiro atoms. The highest BCUT2D eigenvalue weighted by molar-refractivity contribution is 9.08. The predicted octanol–water partition coefficient (Wildman–Crippen LogP) is 4.08. The van der Waals surface area contributed by atoms with Gasteiger partial charge in [0.2, 0.25) is 0 Å². The van der Waals surface area contributed by atoms with Crippen molar-refractivity contribution in [1.29, 1.82) is 0 Å². The van der Waals surface area contributed by atoms with Crippen LogP contribution in [0.3, 0.4) is 0 Å². The van der Waals surface area contributed by atoms with E-state index in [1.807, 2.05) is 0 Å². The molecule has 15 heavy (non-hydrogen) atoms. The summed E-state index contributed by atoms with van der Waals surface area (Å²) >= 11 is 9.59. The Labute approximate surface area is 105 Å². The van der Waals surface area contributed by atoms with Crippen molar-refractivity contribution < 1.29 is 0 Å². The Balaban J connectivity index is 2.09. The highest BCUT2D eigenvalue weighted by Gasteiger charge is 2.23. The second-order valence-corrected chi connectivity index (χ2v) is 5.20. The standard InChI is InChI=1S/C12H15BrClN/c1-15(8-9-2-3-9)11-5-4-10(7-13)12(14)6-11/h4-6,9H,2-3,7-8H2,1H3. The van der Waals surface area contributed by atoms with E-state index in [2.05, 4.69) is 46.1 Å². The minimum Gasteiger partial charge on any atom is -0.374 e. The van der Waals surface area contributed by atoms with Crippen molar-refractivity contribution in [3.63, 3.8) is 0 Å². The third-order valence-electron chi connectivity index (χ3n) is 2.85. The zero-order chi connectivity index (χ0) is 10.8. The Kier molecular flexibility index (Phi) is 3.57. The normalized spacial score (nSPS) is 15.4. The van der Waals surface area contributed by atoms with Crippen molar-refractivity contribution in [3.8, 4) is 0 Å². The van der Waals surface area contributed by atoms with Gasteiger partial charge in [-0.2, -0.15) is 0 Å². The van der Waals surface area contributed by atoms with Crippen LogP contribution in [0.25, 0.3) is 0 Å². The predicted molar refractivity (Wildman–Crippen MR) is 70.1 cm³/mol. The molecule has 0 saturated heterocycles. The molecule has 0 heterocycles. The van der Waals surface area contributed by atoms with Gasteiger partial charge in [-0.1, -0.05) is 33.6 Å². The Morgan fingerprint density at radius 1 is 1.47 bits per heavy atom. The molecule has 0 unspecified atom stereocenters. The van der Waals surface area contributed by atoms with Crippen LogP contribution < -0.4 is 4.90 Å². The fraction of sp³-hybridized carbons (Fsp3) is 0.500. The highest BCUT2D eigenvalue weighted by atomic mass is 79.9. The lowest BCUT2D eigenvalue weighted by atomic mass is 10.2. The van der Waals surface area contributed by atoms with E-state index in [-0.39, 0.29) is 0 Å². The molecule has 1 aliphatic carbocycles. The average Bonchev–Trinajstić information content (AvgIpc) is 3.01. The minimum atomic E-state index is 0.818. The van der Waals surface area contributed by atoms with Crippen molar-refractivity contribution in [1.82, 2.24) is 0 Å². The van der Waals surface area contributed by atoms with Crippen LogP contribution in [0.15, 0.2) is 18.2 Å². The van der Waals surface area contributed by atoms with E-state index in [1.165, 1.54) is 18.5 Å². The van der Waals surface area contributed by atoms with Gasteiger partial charge in [0.15, 0.2) is 0 Å². The fourth-order valence-electron chi connectivity index (χ4n) is 1.68. The van der Waals surface area contributed by atoms with Gasteiger partial charge in [0.25, 0.3) is 0 Å². The van der Waals surface area contributed by atoms with Crippen LogP contribution in [0.5, 0.6) is 0 Å². The number of halogens is 2. The first kappa shape index (κ1) is 11.3. The van der Waals surface area contributed by atoms with Gasteiger partial charge in [-0.05, 0) is 36.5 Å². The number of nitrogens with zero attached hydrogens (tertiary/aromatic N) is 1. The van der Waals surface area contributed by atoms with Gasteiger partial charge in [-0.3, -0.25) is 0 Å². The SMILES string of the molecule is CN(CC1CC1)c1ccc(CBr)c(Cl)c1. The molecule has 0 aromatic heterocycles. The quantitative estimate of drug-likeness (QED) is 0.755. The van der Waals surface area contributed by atoms with E-state index >= 15 is 0 Å². The molecular formula is C12H15BrClN. The van der Waals surface area contributed by atoms with Gasteiger partial charge >= 0.3 is 0 Å². The summed E-state index contributed by atoms with van der Waals surface area (Å²) in [5.41, 5.74) is 2.37. The van der Waals surface area contributed by atoms with E-state index in [0.717, 1.165) is 28.4 Å². The Hall–Kier alpha value is -0.210. The summed E-state index contributed by atoms with van der Waals surface area (Å²) in [6.45, 7) is 1.16. The molecule has 3 heteroatoms. The Morgan fingerprint density at radius 3 is 2.73 bits per heavy atom.